The Morgan fingerprint density at radius 2 is 2.47 bits per heavy atom. The molecule has 0 saturated carbocycles. The Morgan fingerprint density at radius 3 is 3.07 bits per heavy atom. The van der Waals surface area contributed by atoms with Gasteiger partial charge in [0, 0.05) is 25.5 Å². The fourth-order valence-corrected chi connectivity index (χ4v) is 1.19. The highest BCUT2D eigenvalue weighted by atomic mass is 16.3. The highest BCUT2D eigenvalue weighted by molar-refractivity contribution is 5.93. The molecule has 1 aromatic rings. The van der Waals surface area contributed by atoms with Crippen LogP contribution in [0.5, 0.6) is 0 Å². The first-order chi connectivity index (χ1) is 7.24. The summed E-state index contributed by atoms with van der Waals surface area (Å²) in [6.45, 7) is 2.72. The molecule has 1 aromatic heterocycles. The van der Waals surface area contributed by atoms with Crippen molar-refractivity contribution < 1.29 is 9.90 Å². The van der Waals surface area contributed by atoms with Crippen LogP contribution in [0.1, 0.15) is 23.7 Å². The Bertz CT molecular complexity index is 301. The molecule has 1 amide bonds. The number of aromatic nitrogens is 1. The van der Waals surface area contributed by atoms with Gasteiger partial charge in [-0.15, -0.1) is 0 Å². The molecule has 0 aliphatic carbocycles. The van der Waals surface area contributed by atoms with E-state index in [2.05, 4.69) is 10.3 Å². The zero-order valence-corrected chi connectivity index (χ0v) is 8.81. The maximum absolute atomic E-state index is 11.5. The SMILES string of the molecule is CC(CCO)CNC(=O)c1cccnc1. The Labute approximate surface area is 89.3 Å². The summed E-state index contributed by atoms with van der Waals surface area (Å²) in [5.74, 6) is 0.170. The van der Waals surface area contributed by atoms with Crippen LogP contribution in [0.3, 0.4) is 0 Å². The van der Waals surface area contributed by atoms with Crippen LogP contribution in [-0.4, -0.2) is 29.1 Å². The quantitative estimate of drug-likeness (QED) is 0.753. The van der Waals surface area contributed by atoms with E-state index >= 15 is 0 Å². The first kappa shape index (κ1) is 11.7. The van der Waals surface area contributed by atoms with Crippen molar-refractivity contribution in [3.8, 4) is 0 Å². The van der Waals surface area contributed by atoms with Crippen molar-refractivity contribution in [2.75, 3.05) is 13.2 Å². The molecule has 0 saturated heterocycles. The lowest BCUT2D eigenvalue weighted by Crippen LogP contribution is -2.28. The summed E-state index contributed by atoms with van der Waals surface area (Å²) in [7, 11) is 0. The van der Waals surface area contributed by atoms with E-state index in [1.807, 2.05) is 6.92 Å². The van der Waals surface area contributed by atoms with Crippen molar-refractivity contribution in [1.82, 2.24) is 10.3 Å². The number of aliphatic hydroxyl groups is 1. The third-order valence-electron chi connectivity index (χ3n) is 2.16. The molecule has 15 heavy (non-hydrogen) atoms. The maximum atomic E-state index is 11.5. The number of hydrogen-bond acceptors (Lipinski definition) is 3. The Balaban J connectivity index is 2.37. The van der Waals surface area contributed by atoms with Gasteiger partial charge in [0.1, 0.15) is 0 Å². The van der Waals surface area contributed by atoms with Gasteiger partial charge >= 0.3 is 0 Å². The average molecular weight is 208 g/mol. The summed E-state index contributed by atoms with van der Waals surface area (Å²) in [6.07, 6.45) is 3.87. The molecule has 4 heteroatoms. The van der Waals surface area contributed by atoms with Crippen molar-refractivity contribution in [3.05, 3.63) is 30.1 Å². The smallest absolute Gasteiger partial charge is 0.252 e. The van der Waals surface area contributed by atoms with Gasteiger partial charge in [-0.1, -0.05) is 6.92 Å². The molecular weight excluding hydrogens is 192 g/mol. The summed E-state index contributed by atoms with van der Waals surface area (Å²) >= 11 is 0. The van der Waals surface area contributed by atoms with E-state index in [1.165, 1.54) is 6.20 Å². The summed E-state index contributed by atoms with van der Waals surface area (Å²) < 4.78 is 0. The van der Waals surface area contributed by atoms with Crippen LogP contribution in [0.2, 0.25) is 0 Å². The van der Waals surface area contributed by atoms with E-state index < -0.39 is 0 Å². The Kier molecular flexibility index (Phi) is 4.77. The summed E-state index contributed by atoms with van der Waals surface area (Å²) in [4.78, 5) is 15.4. The molecule has 2 N–H and O–H groups in total. The number of pyridine rings is 1. The zero-order chi connectivity index (χ0) is 11.1. The minimum absolute atomic E-state index is 0.118. The van der Waals surface area contributed by atoms with Crippen LogP contribution in [0.25, 0.3) is 0 Å². The predicted molar refractivity (Wildman–Crippen MR) is 57.4 cm³/mol. The molecule has 0 bridgehead atoms. The summed E-state index contributed by atoms with van der Waals surface area (Å²) in [5.41, 5.74) is 0.564. The molecule has 0 spiro atoms. The minimum Gasteiger partial charge on any atom is -0.396 e. The largest absolute Gasteiger partial charge is 0.396 e. The molecule has 1 atom stereocenters. The van der Waals surface area contributed by atoms with Crippen LogP contribution in [0.15, 0.2) is 24.5 Å². The van der Waals surface area contributed by atoms with Crippen LogP contribution in [-0.2, 0) is 0 Å². The van der Waals surface area contributed by atoms with Crippen molar-refractivity contribution in [2.45, 2.75) is 13.3 Å². The van der Waals surface area contributed by atoms with Crippen molar-refractivity contribution in [2.24, 2.45) is 5.92 Å². The summed E-state index contributed by atoms with van der Waals surface area (Å²) in [6, 6.07) is 3.45. The van der Waals surface area contributed by atoms with E-state index in [9.17, 15) is 4.79 Å². The molecule has 1 rings (SSSR count). The van der Waals surface area contributed by atoms with E-state index in [-0.39, 0.29) is 18.4 Å². The fourth-order valence-electron chi connectivity index (χ4n) is 1.19. The van der Waals surface area contributed by atoms with E-state index in [0.717, 1.165) is 0 Å². The number of nitrogens with zero attached hydrogens (tertiary/aromatic N) is 1. The van der Waals surface area contributed by atoms with Crippen LogP contribution >= 0.6 is 0 Å². The van der Waals surface area contributed by atoms with Crippen molar-refractivity contribution >= 4 is 5.91 Å². The highest BCUT2D eigenvalue weighted by Crippen LogP contribution is 2.00. The van der Waals surface area contributed by atoms with E-state index in [4.69, 9.17) is 5.11 Å². The molecule has 4 nitrogen and oxygen atoms in total. The molecule has 0 aliphatic rings. The standard InChI is InChI=1S/C11H16N2O2/c1-9(4-6-14)7-13-11(15)10-3-2-5-12-8-10/h2-3,5,8-9,14H,4,6-7H2,1H3,(H,13,15). The Morgan fingerprint density at radius 1 is 1.67 bits per heavy atom. The molecule has 0 fully saturated rings. The third-order valence-corrected chi connectivity index (χ3v) is 2.16. The van der Waals surface area contributed by atoms with Gasteiger partial charge in [-0.2, -0.15) is 0 Å². The fraction of sp³-hybridized carbons (Fsp3) is 0.455. The molecule has 1 unspecified atom stereocenters. The van der Waals surface area contributed by atoms with Gasteiger partial charge in [-0.05, 0) is 24.5 Å². The molecular formula is C11H16N2O2. The number of carbonyl (C=O) groups excluding carboxylic acids is 1. The maximum Gasteiger partial charge on any atom is 0.252 e. The molecule has 0 aliphatic heterocycles. The van der Waals surface area contributed by atoms with Gasteiger partial charge in [0.2, 0.25) is 0 Å². The summed E-state index contributed by atoms with van der Waals surface area (Å²) in [5, 5.41) is 11.5. The number of amides is 1. The monoisotopic (exact) mass is 208 g/mol. The second-order valence-corrected chi connectivity index (χ2v) is 3.57. The Hall–Kier alpha value is -1.42. The van der Waals surface area contributed by atoms with Crippen molar-refractivity contribution in [1.29, 1.82) is 0 Å². The van der Waals surface area contributed by atoms with E-state index in [1.54, 1.807) is 18.3 Å². The van der Waals surface area contributed by atoms with Crippen LogP contribution in [0, 0.1) is 5.92 Å². The van der Waals surface area contributed by atoms with Gasteiger partial charge in [0.25, 0.3) is 5.91 Å². The number of carbonyl (C=O) groups is 1. The van der Waals surface area contributed by atoms with Gasteiger partial charge in [0.05, 0.1) is 5.56 Å². The molecule has 1 heterocycles. The molecule has 82 valence electrons. The lowest BCUT2D eigenvalue weighted by atomic mass is 10.1. The number of aliphatic hydroxyl groups excluding tert-OH is 1. The van der Waals surface area contributed by atoms with E-state index in [0.29, 0.717) is 18.5 Å². The second-order valence-electron chi connectivity index (χ2n) is 3.57. The molecule has 0 radical (unpaired) electrons. The highest BCUT2D eigenvalue weighted by Gasteiger charge is 2.06. The van der Waals surface area contributed by atoms with Crippen LogP contribution in [0.4, 0.5) is 0 Å². The third kappa shape index (κ3) is 4.08. The lowest BCUT2D eigenvalue weighted by molar-refractivity contribution is 0.0945. The van der Waals surface area contributed by atoms with Gasteiger partial charge < -0.3 is 10.4 Å². The average Bonchev–Trinajstić information content (AvgIpc) is 2.27. The number of hydrogen-bond donors (Lipinski definition) is 2. The van der Waals surface area contributed by atoms with Crippen molar-refractivity contribution in [3.63, 3.8) is 0 Å². The predicted octanol–water partition coefficient (Wildman–Crippen LogP) is 0.830. The first-order valence-corrected chi connectivity index (χ1v) is 5.03. The zero-order valence-electron chi connectivity index (χ0n) is 8.81. The minimum atomic E-state index is -0.118. The van der Waals surface area contributed by atoms with Crippen LogP contribution < -0.4 is 5.32 Å². The number of rotatable bonds is 5. The topological polar surface area (TPSA) is 62.2 Å². The van der Waals surface area contributed by atoms with Gasteiger partial charge in [-0.3, -0.25) is 9.78 Å². The molecule has 0 aromatic carbocycles. The lowest BCUT2D eigenvalue weighted by Gasteiger charge is -2.10. The normalized spacial score (nSPS) is 12.1. The van der Waals surface area contributed by atoms with Gasteiger partial charge in [0.15, 0.2) is 0 Å². The van der Waals surface area contributed by atoms with Gasteiger partial charge in [-0.25, -0.2) is 0 Å². The number of nitrogens with one attached hydrogen (secondary N) is 1. The first-order valence-electron chi connectivity index (χ1n) is 5.03. The second kappa shape index (κ2) is 6.14.